The first kappa shape index (κ1) is 19.3. The Kier molecular flexibility index (Phi) is 4.31. The number of piperidine rings is 1. The van der Waals surface area contributed by atoms with Crippen LogP contribution in [0.4, 0.5) is 11.5 Å². The molecule has 0 bridgehead atoms. The second kappa shape index (κ2) is 6.93. The first-order valence-electron chi connectivity index (χ1n) is 10.2. The molecular weight excluding hydrogens is 400 g/mol. The second-order valence-electron chi connectivity index (χ2n) is 8.42. The molecule has 0 aliphatic carbocycles. The standard InChI is InChI=1S/C21H22N6O4/c1-11-8-25(19-15(22)7-23-26(19)9-11)10-12-2-3-13-14(6-12)21(31)27(20(13)30)16-4-5-17(28)24-18(16)29/h2-3,6-7,11,16H,4-5,8-10,22H2,1H3,(H,24,28,29). The first-order chi connectivity index (χ1) is 14.8. The van der Waals surface area contributed by atoms with Gasteiger partial charge in [-0.15, -0.1) is 0 Å². The largest absolute Gasteiger partial charge is 0.394 e. The smallest absolute Gasteiger partial charge is 0.262 e. The number of anilines is 2. The number of hydrogen-bond acceptors (Lipinski definition) is 7. The van der Waals surface area contributed by atoms with E-state index in [4.69, 9.17) is 5.73 Å². The van der Waals surface area contributed by atoms with Crippen LogP contribution >= 0.6 is 0 Å². The summed E-state index contributed by atoms with van der Waals surface area (Å²) in [6.45, 7) is 4.23. The van der Waals surface area contributed by atoms with Gasteiger partial charge in [-0.1, -0.05) is 13.0 Å². The lowest BCUT2D eigenvalue weighted by molar-refractivity contribution is -0.136. The number of imide groups is 2. The molecule has 4 amide bonds. The van der Waals surface area contributed by atoms with Crippen LogP contribution in [-0.2, 0) is 22.7 Å². The van der Waals surface area contributed by atoms with Crippen molar-refractivity contribution in [3.05, 3.63) is 41.1 Å². The maximum atomic E-state index is 13.0. The Morgan fingerprint density at radius 1 is 1.13 bits per heavy atom. The summed E-state index contributed by atoms with van der Waals surface area (Å²) < 4.78 is 1.89. The zero-order valence-electron chi connectivity index (χ0n) is 17.0. The third-order valence-corrected chi connectivity index (χ3v) is 6.03. The number of hydrogen-bond donors (Lipinski definition) is 2. The molecular formula is C21H22N6O4. The van der Waals surface area contributed by atoms with E-state index in [1.807, 2.05) is 10.7 Å². The van der Waals surface area contributed by atoms with Crippen molar-refractivity contribution >= 4 is 35.1 Å². The van der Waals surface area contributed by atoms with Gasteiger partial charge in [0.1, 0.15) is 6.04 Å². The maximum Gasteiger partial charge on any atom is 0.262 e. The van der Waals surface area contributed by atoms with E-state index in [0.29, 0.717) is 18.2 Å². The number of carbonyl (C=O) groups excluding carboxylic acids is 4. The van der Waals surface area contributed by atoms with E-state index >= 15 is 0 Å². The number of rotatable bonds is 3. The SMILES string of the molecule is CC1CN(Cc2ccc3c(c2)C(=O)N(C2CCC(=O)NC2=O)C3=O)c2c(N)cnn2C1. The number of nitrogen functional groups attached to an aromatic ring is 1. The number of carbonyl (C=O) groups is 4. The molecule has 0 saturated carbocycles. The highest BCUT2D eigenvalue weighted by Gasteiger charge is 2.44. The van der Waals surface area contributed by atoms with Crippen LogP contribution in [0.15, 0.2) is 24.4 Å². The molecule has 3 N–H and O–H groups in total. The Morgan fingerprint density at radius 3 is 2.68 bits per heavy atom. The van der Waals surface area contributed by atoms with Gasteiger partial charge in [0.2, 0.25) is 11.8 Å². The van der Waals surface area contributed by atoms with Crippen LogP contribution in [0.5, 0.6) is 0 Å². The summed E-state index contributed by atoms with van der Waals surface area (Å²) >= 11 is 0. The molecule has 1 fully saturated rings. The van der Waals surface area contributed by atoms with E-state index in [9.17, 15) is 19.2 Å². The summed E-state index contributed by atoms with van der Waals surface area (Å²) in [5.41, 5.74) is 8.12. The number of amides is 4. The third-order valence-electron chi connectivity index (χ3n) is 6.03. The van der Waals surface area contributed by atoms with Gasteiger partial charge in [-0.3, -0.25) is 29.4 Å². The van der Waals surface area contributed by atoms with Crippen LogP contribution in [0.1, 0.15) is 46.0 Å². The predicted molar refractivity (Wildman–Crippen MR) is 110 cm³/mol. The van der Waals surface area contributed by atoms with Crippen LogP contribution < -0.4 is 16.0 Å². The Balaban J connectivity index is 1.42. The number of nitrogens with two attached hydrogens (primary N) is 1. The van der Waals surface area contributed by atoms with Crippen molar-refractivity contribution in [2.45, 2.75) is 38.9 Å². The number of aromatic nitrogens is 2. The molecule has 1 aromatic carbocycles. The second-order valence-corrected chi connectivity index (χ2v) is 8.42. The fourth-order valence-corrected chi connectivity index (χ4v) is 4.66. The van der Waals surface area contributed by atoms with Crippen LogP contribution in [-0.4, -0.2) is 50.9 Å². The Labute approximate surface area is 178 Å². The van der Waals surface area contributed by atoms with Crippen LogP contribution in [0.25, 0.3) is 0 Å². The Bertz CT molecular complexity index is 1140. The highest BCUT2D eigenvalue weighted by molar-refractivity contribution is 6.23. The average molecular weight is 422 g/mol. The van der Waals surface area contributed by atoms with Crippen molar-refractivity contribution in [3.8, 4) is 0 Å². The van der Waals surface area contributed by atoms with E-state index < -0.39 is 29.7 Å². The van der Waals surface area contributed by atoms with Gasteiger partial charge in [0.15, 0.2) is 5.82 Å². The van der Waals surface area contributed by atoms with E-state index in [1.54, 1.807) is 18.3 Å². The highest BCUT2D eigenvalue weighted by Crippen LogP contribution is 2.32. The molecule has 1 saturated heterocycles. The molecule has 4 heterocycles. The Morgan fingerprint density at radius 2 is 1.90 bits per heavy atom. The molecule has 2 atom stereocenters. The van der Waals surface area contributed by atoms with Gasteiger partial charge >= 0.3 is 0 Å². The predicted octanol–water partition coefficient (Wildman–Crippen LogP) is 0.523. The van der Waals surface area contributed by atoms with Crippen molar-refractivity contribution in [3.63, 3.8) is 0 Å². The number of fused-ring (bicyclic) bond motifs is 2. The summed E-state index contributed by atoms with van der Waals surface area (Å²) in [5, 5.41) is 6.54. The van der Waals surface area contributed by atoms with Crippen molar-refractivity contribution in [1.82, 2.24) is 20.0 Å². The lowest BCUT2D eigenvalue weighted by Crippen LogP contribution is -2.54. The Hall–Kier alpha value is -3.69. The average Bonchev–Trinajstić information content (AvgIpc) is 3.20. The highest BCUT2D eigenvalue weighted by atomic mass is 16.2. The summed E-state index contributed by atoms with van der Waals surface area (Å²) in [6, 6.07) is 4.18. The summed E-state index contributed by atoms with van der Waals surface area (Å²) in [4.78, 5) is 52.6. The minimum atomic E-state index is -0.967. The van der Waals surface area contributed by atoms with Crippen molar-refractivity contribution in [1.29, 1.82) is 0 Å². The third kappa shape index (κ3) is 3.06. The van der Waals surface area contributed by atoms with Gasteiger partial charge < -0.3 is 10.6 Å². The number of benzene rings is 1. The van der Waals surface area contributed by atoms with E-state index in [-0.39, 0.29) is 24.0 Å². The lowest BCUT2D eigenvalue weighted by Gasteiger charge is -2.33. The molecule has 3 aliphatic rings. The van der Waals surface area contributed by atoms with Crippen molar-refractivity contribution in [2.75, 3.05) is 17.2 Å². The quantitative estimate of drug-likeness (QED) is 0.690. The first-order valence-corrected chi connectivity index (χ1v) is 10.2. The normalized spacial score (nSPS) is 23.1. The maximum absolute atomic E-state index is 13.0. The van der Waals surface area contributed by atoms with Gasteiger partial charge in [-0.2, -0.15) is 5.10 Å². The summed E-state index contributed by atoms with van der Waals surface area (Å²) in [5.74, 6) is -0.784. The molecule has 160 valence electrons. The zero-order chi connectivity index (χ0) is 21.9. The van der Waals surface area contributed by atoms with Crippen molar-refractivity contribution < 1.29 is 19.2 Å². The fraction of sp³-hybridized carbons (Fsp3) is 0.381. The van der Waals surface area contributed by atoms with Crippen molar-refractivity contribution in [2.24, 2.45) is 5.92 Å². The van der Waals surface area contributed by atoms with Gasteiger partial charge in [0.05, 0.1) is 23.0 Å². The van der Waals surface area contributed by atoms with Crippen LogP contribution in [0.2, 0.25) is 0 Å². The summed E-state index contributed by atoms with van der Waals surface area (Å²) in [7, 11) is 0. The molecule has 0 spiro atoms. The lowest BCUT2D eigenvalue weighted by atomic mass is 10.0. The molecule has 10 heteroatoms. The van der Waals surface area contributed by atoms with Crippen LogP contribution in [0.3, 0.4) is 0 Å². The fourth-order valence-electron chi connectivity index (χ4n) is 4.66. The van der Waals surface area contributed by atoms with Crippen LogP contribution in [0, 0.1) is 5.92 Å². The van der Waals surface area contributed by atoms with E-state index in [1.165, 1.54) is 0 Å². The molecule has 3 aliphatic heterocycles. The van der Waals surface area contributed by atoms with Gasteiger partial charge in [0, 0.05) is 26.1 Å². The molecule has 10 nitrogen and oxygen atoms in total. The van der Waals surface area contributed by atoms with E-state index in [0.717, 1.165) is 29.4 Å². The molecule has 2 aromatic rings. The molecule has 5 rings (SSSR count). The van der Waals surface area contributed by atoms with Gasteiger partial charge in [0.25, 0.3) is 11.8 Å². The van der Waals surface area contributed by atoms with Gasteiger partial charge in [-0.25, -0.2) is 4.68 Å². The molecule has 1 aromatic heterocycles. The minimum Gasteiger partial charge on any atom is -0.394 e. The molecule has 31 heavy (non-hydrogen) atoms. The monoisotopic (exact) mass is 422 g/mol. The summed E-state index contributed by atoms with van der Waals surface area (Å²) in [6.07, 6.45) is 1.87. The molecule has 2 unspecified atom stereocenters. The molecule has 0 radical (unpaired) electrons. The van der Waals surface area contributed by atoms with Gasteiger partial charge in [-0.05, 0) is 30.0 Å². The number of nitrogens with one attached hydrogen (secondary N) is 1. The number of nitrogens with zero attached hydrogens (tertiary/aromatic N) is 4. The zero-order valence-corrected chi connectivity index (χ0v) is 17.0. The minimum absolute atomic E-state index is 0.0946. The van der Waals surface area contributed by atoms with E-state index in [2.05, 4.69) is 22.2 Å². The topological polar surface area (TPSA) is 131 Å².